The van der Waals surface area contributed by atoms with E-state index in [0.717, 1.165) is 40.7 Å². The van der Waals surface area contributed by atoms with Crippen molar-refractivity contribution in [2.75, 3.05) is 7.11 Å². The van der Waals surface area contributed by atoms with Crippen LogP contribution in [-0.2, 0) is 30.8 Å². The number of hydrogen-bond donors (Lipinski definition) is 1. The smallest absolute Gasteiger partial charge is 0.314 e. The van der Waals surface area contributed by atoms with Crippen molar-refractivity contribution in [3.05, 3.63) is 80.8 Å². The molecule has 1 heterocycles. The molecule has 3 rings (SSSR count). The summed E-state index contributed by atoms with van der Waals surface area (Å²) in [5, 5.41) is 14.2. The second-order valence-corrected chi connectivity index (χ2v) is 7.22. The van der Waals surface area contributed by atoms with E-state index < -0.39 is 5.56 Å². The van der Waals surface area contributed by atoms with E-state index in [1.165, 1.54) is 7.11 Å². The van der Waals surface area contributed by atoms with Crippen LogP contribution in [0.25, 0.3) is 11.1 Å². The third-order valence-electron chi connectivity index (χ3n) is 5.06. The molecular formula is C24H28N2O4. The van der Waals surface area contributed by atoms with E-state index in [4.69, 9.17) is 9.47 Å². The second kappa shape index (κ2) is 9.59. The first kappa shape index (κ1) is 21.6. The maximum Gasteiger partial charge on any atom is 0.314 e. The molecule has 6 heteroatoms. The largest absolute Gasteiger partial charge is 0.486 e. The Morgan fingerprint density at radius 2 is 1.63 bits per heavy atom. The number of aromatic nitrogens is 2. The fourth-order valence-electron chi connectivity index (χ4n) is 3.70. The maximum absolute atomic E-state index is 13.1. The molecule has 0 saturated heterocycles. The molecule has 0 bridgehead atoms. The lowest BCUT2D eigenvalue weighted by Crippen LogP contribution is -2.26. The lowest BCUT2D eigenvalue weighted by atomic mass is 9.90. The van der Waals surface area contributed by atoms with E-state index in [9.17, 15) is 10.0 Å². The van der Waals surface area contributed by atoms with Gasteiger partial charge in [-0.1, -0.05) is 66.7 Å². The number of hydrogen-bond acceptors (Lipinski definition) is 5. The first-order valence-corrected chi connectivity index (χ1v) is 10.1. The summed E-state index contributed by atoms with van der Waals surface area (Å²) in [5.74, 6) is 0.351. The van der Waals surface area contributed by atoms with Crippen molar-refractivity contribution in [2.45, 2.75) is 46.8 Å². The summed E-state index contributed by atoms with van der Waals surface area (Å²) in [5.41, 5.74) is 5.06. The number of benzene rings is 2. The third kappa shape index (κ3) is 4.39. The van der Waals surface area contributed by atoms with Crippen molar-refractivity contribution in [3.8, 4) is 16.9 Å². The fourth-order valence-corrected chi connectivity index (χ4v) is 3.70. The molecule has 6 nitrogen and oxygen atoms in total. The normalized spacial score (nSPS) is 10.9. The lowest BCUT2D eigenvalue weighted by molar-refractivity contribution is 0.117. The van der Waals surface area contributed by atoms with E-state index in [1.807, 2.05) is 37.3 Å². The van der Waals surface area contributed by atoms with Crippen molar-refractivity contribution in [1.82, 2.24) is 9.94 Å². The van der Waals surface area contributed by atoms with E-state index in [0.29, 0.717) is 21.9 Å². The second-order valence-electron chi connectivity index (χ2n) is 7.22. The quantitative estimate of drug-likeness (QED) is 0.563. The Morgan fingerprint density at radius 3 is 2.20 bits per heavy atom. The Kier molecular flexibility index (Phi) is 6.90. The zero-order chi connectivity index (χ0) is 21.7. The van der Waals surface area contributed by atoms with Gasteiger partial charge in [0.05, 0.1) is 12.2 Å². The van der Waals surface area contributed by atoms with Crippen molar-refractivity contribution >= 4 is 0 Å². The average Bonchev–Trinajstić information content (AvgIpc) is 2.75. The minimum atomic E-state index is -0.605. The Labute approximate surface area is 176 Å². The number of methoxy groups -OCH3 is 1. The SMILES string of the molecule is CCc1cc(C)cc(CC)c1-c1c(OCc2ccccc2)c(COC)nn(O)c1=O. The van der Waals surface area contributed by atoms with Gasteiger partial charge in [0.1, 0.15) is 12.3 Å². The van der Waals surface area contributed by atoms with Crippen molar-refractivity contribution < 1.29 is 14.7 Å². The van der Waals surface area contributed by atoms with Crippen LogP contribution in [0.1, 0.15) is 41.8 Å². The van der Waals surface area contributed by atoms with E-state index in [-0.39, 0.29) is 13.2 Å². The molecule has 0 unspecified atom stereocenters. The molecule has 0 spiro atoms. The summed E-state index contributed by atoms with van der Waals surface area (Å²) in [6, 6.07) is 13.9. The Balaban J connectivity index is 2.27. The summed E-state index contributed by atoms with van der Waals surface area (Å²) in [6.07, 6.45) is 1.49. The standard InChI is InChI=1S/C24H28N2O4/c1-5-18-12-16(3)13-19(6-2)21(18)22-23(30-14-17-10-8-7-9-11-17)20(15-29-4)25-26(28)24(22)27/h7-13,28H,5-6,14-15H2,1-4H3. The third-order valence-corrected chi connectivity index (χ3v) is 5.06. The van der Waals surface area contributed by atoms with Gasteiger partial charge in [-0.2, -0.15) is 0 Å². The molecule has 2 aromatic carbocycles. The van der Waals surface area contributed by atoms with Crippen LogP contribution in [0.2, 0.25) is 0 Å². The highest BCUT2D eigenvalue weighted by atomic mass is 16.5. The summed E-state index contributed by atoms with van der Waals surface area (Å²) >= 11 is 0. The Bertz CT molecular complexity index is 1050. The molecule has 0 aliphatic heterocycles. The predicted octanol–water partition coefficient (Wildman–Crippen LogP) is 4.31. The number of rotatable bonds is 8. The van der Waals surface area contributed by atoms with Crippen LogP contribution >= 0.6 is 0 Å². The van der Waals surface area contributed by atoms with Crippen LogP contribution in [0.15, 0.2) is 47.3 Å². The molecule has 0 saturated carbocycles. The van der Waals surface area contributed by atoms with Gasteiger partial charge in [0.15, 0.2) is 5.75 Å². The molecule has 0 aliphatic rings. The summed E-state index contributed by atoms with van der Waals surface area (Å²) in [4.78, 5) is 13.5. The fraction of sp³-hybridized carbons (Fsp3) is 0.333. The summed E-state index contributed by atoms with van der Waals surface area (Å²) in [7, 11) is 1.54. The zero-order valence-corrected chi connectivity index (χ0v) is 17.9. The number of nitrogens with zero attached hydrogens (tertiary/aromatic N) is 2. The van der Waals surface area contributed by atoms with Gasteiger partial charge < -0.3 is 14.7 Å². The van der Waals surface area contributed by atoms with Gasteiger partial charge in [-0.05, 0) is 42.0 Å². The molecule has 1 N–H and O–H groups in total. The molecule has 0 atom stereocenters. The van der Waals surface area contributed by atoms with Gasteiger partial charge >= 0.3 is 5.56 Å². The van der Waals surface area contributed by atoms with Crippen LogP contribution in [0.4, 0.5) is 0 Å². The van der Waals surface area contributed by atoms with Gasteiger partial charge in [-0.3, -0.25) is 4.79 Å². The first-order valence-electron chi connectivity index (χ1n) is 10.1. The minimum absolute atomic E-state index is 0.104. The van der Waals surface area contributed by atoms with Gasteiger partial charge in [-0.15, -0.1) is 5.10 Å². The van der Waals surface area contributed by atoms with E-state index >= 15 is 0 Å². The first-order chi connectivity index (χ1) is 14.5. The highest BCUT2D eigenvalue weighted by Gasteiger charge is 2.24. The molecule has 30 heavy (non-hydrogen) atoms. The van der Waals surface area contributed by atoms with Crippen LogP contribution in [0, 0.1) is 6.92 Å². The van der Waals surface area contributed by atoms with Crippen LogP contribution in [0.3, 0.4) is 0 Å². The maximum atomic E-state index is 13.1. The lowest BCUT2D eigenvalue weighted by Gasteiger charge is -2.20. The van der Waals surface area contributed by atoms with Crippen molar-refractivity contribution in [3.63, 3.8) is 0 Å². The monoisotopic (exact) mass is 408 g/mol. The van der Waals surface area contributed by atoms with Gasteiger partial charge in [0.2, 0.25) is 0 Å². The molecule has 0 fully saturated rings. The highest BCUT2D eigenvalue weighted by Crippen LogP contribution is 2.36. The Hall–Kier alpha value is -3.12. The van der Waals surface area contributed by atoms with Gasteiger partial charge in [0, 0.05) is 7.11 Å². The van der Waals surface area contributed by atoms with Gasteiger partial charge in [-0.25, -0.2) is 0 Å². The molecule has 0 aliphatic carbocycles. The van der Waals surface area contributed by atoms with Crippen LogP contribution in [0.5, 0.6) is 5.75 Å². The van der Waals surface area contributed by atoms with Crippen molar-refractivity contribution in [1.29, 1.82) is 0 Å². The van der Waals surface area contributed by atoms with Crippen LogP contribution < -0.4 is 10.3 Å². The molecule has 3 aromatic rings. The predicted molar refractivity (Wildman–Crippen MR) is 116 cm³/mol. The average molecular weight is 408 g/mol. The topological polar surface area (TPSA) is 73.6 Å². The van der Waals surface area contributed by atoms with Crippen molar-refractivity contribution in [2.24, 2.45) is 0 Å². The summed E-state index contributed by atoms with van der Waals surface area (Å²) < 4.78 is 11.4. The molecule has 1 aromatic heterocycles. The minimum Gasteiger partial charge on any atom is -0.486 e. The Morgan fingerprint density at radius 1 is 1.00 bits per heavy atom. The van der Waals surface area contributed by atoms with E-state index in [1.54, 1.807) is 0 Å². The van der Waals surface area contributed by atoms with Crippen LogP contribution in [-0.4, -0.2) is 22.3 Å². The zero-order valence-electron chi connectivity index (χ0n) is 17.9. The molecular weight excluding hydrogens is 380 g/mol. The number of aryl methyl sites for hydroxylation is 3. The molecule has 158 valence electrons. The number of ether oxygens (including phenoxy) is 2. The van der Waals surface area contributed by atoms with E-state index in [2.05, 4.69) is 31.1 Å². The van der Waals surface area contributed by atoms with Gasteiger partial charge in [0.25, 0.3) is 0 Å². The summed E-state index contributed by atoms with van der Waals surface area (Å²) in [6.45, 7) is 6.53. The highest BCUT2D eigenvalue weighted by molar-refractivity contribution is 5.77. The molecule has 0 radical (unpaired) electrons. The molecule has 0 amide bonds.